The molecular formula is C18H16N4O9S2. The number of amides is 1. The molecule has 15 heteroatoms. The molecule has 0 spiro atoms. The van der Waals surface area contributed by atoms with Crippen LogP contribution >= 0.6 is 0 Å². The van der Waals surface area contributed by atoms with Gasteiger partial charge in [0.05, 0.1) is 26.8 Å². The van der Waals surface area contributed by atoms with E-state index in [4.69, 9.17) is 4.55 Å². The van der Waals surface area contributed by atoms with E-state index in [1.807, 2.05) is 0 Å². The highest BCUT2D eigenvalue weighted by Crippen LogP contribution is 2.29. The van der Waals surface area contributed by atoms with Crippen LogP contribution < -0.4 is 5.01 Å². The lowest BCUT2D eigenvalue weighted by Crippen LogP contribution is -2.30. The molecule has 0 aliphatic carbocycles. The van der Waals surface area contributed by atoms with Gasteiger partial charge in [0.15, 0.2) is 6.04 Å². The molecule has 13 nitrogen and oxygen atoms in total. The van der Waals surface area contributed by atoms with Gasteiger partial charge in [-0.1, -0.05) is 0 Å². The van der Waals surface area contributed by atoms with E-state index < -0.39 is 54.3 Å². The van der Waals surface area contributed by atoms with Crippen LogP contribution in [0, 0.1) is 6.92 Å². The summed E-state index contributed by atoms with van der Waals surface area (Å²) in [5, 5.41) is 21.8. The number of hydrogen-bond donors (Lipinski definition) is 3. The number of carboxylic acids is 1. The molecule has 2 aromatic carbocycles. The lowest BCUT2D eigenvalue weighted by Gasteiger charge is -2.15. The fourth-order valence-electron chi connectivity index (χ4n) is 2.94. The molecule has 1 aliphatic rings. The smallest absolute Gasteiger partial charge is 0.337 e. The van der Waals surface area contributed by atoms with E-state index in [0.29, 0.717) is 5.56 Å². The second kappa shape index (κ2) is 8.43. The summed E-state index contributed by atoms with van der Waals surface area (Å²) in [7, 11) is -9.09. The Hall–Kier alpha value is -3.53. The lowest BCUT2D eigenvalue weighted by molar-refractivity contribution is -0.117. The Morgan fingerprint density at radius 3 is 2.12 bits per heavy atom. The van der Waals surface area contributed by atoms with Gasteiger partial charge < -0.3 is 5.11 Å². The number of carbonyl (C=O) groups excluding carboxylic acids is 1. The van der Waals surface area contributed by atoms with E-state index in [9.17, 15) is 36.1 Å². The Labute approximate surface area is 187 Å². The fraction of sp³-hybridized carbons (Fsp3) is 0.167. The predicted molar refractivity (Wildman–Crippen MR) is 113 cm³/mol. The zero-order valence-electron chi connectivity index (χ0n) is 16.9. The molecule has 1 atom stereocenters. The monoisotopic (exact) mass is 496 g/mol. The Morgan fingerprint density at radius 2 is 1.58 bits per heavy atom. The molecule has 1 aliphatic heterocycles. The Balaban J connectivity index is 1.96. The average molecular weight is 496 g/mol. The van der Waals surface area contributed by atoms with E-state index >= 15 is 0 Å². The van der Waals surface area contributed by atoms with Gasteiger partial charge in [-0.3, -0.25) is 13.9 Å². The number of carbonyl (C=O) groups is 2. The number of anilines is 1. The Morgan fingerprint density at radius 1 is 1.00 bits per heavy atom. The summed E-state index contributed by atoms with van der Waals surface area (Å²) in [6.07, 6.45) is 0. The van der Waals surface area contributed by atoms with E-state index in [1.165, 1.54) is 19.9 Å². The number of nitrogens with zero attached hydrogens (tertiary/aromatic N) is 4. The molecule has 0 aromatic heterocycles. The maximum absolute atomic E-state index is 12.9. The molecule has 174 valence electrons. The molecule has 33 heavy (non-hydrogen) atoms. The summed E-state index contributed by atoms with van der Waals surface area (Å²) >= 11 is 0. The van der Waals surface area contributed by atoms with Crippen molar-refractivity contribution in [1.82, 2.24) is 0 Å². The van der Waals surface area contributed by atoms with Crippen LogP contribution in [0.1, 0.15) is 22.8 Å². The van der Waals surface area contributed by atoms with Crippen LogP contribution in [0.4, 0.5) is 11.4 Å². The quantitative estimate of drug-likeness (QED) is 0.395. The number of hydrogen-bond acceptors (Lipinski definition) is 9. The van der Waals surface area contributed by atoms with Gasteiger partial charge >= 0.3 is 5.97 Å². The van der Waals surface area contributed by atoms with Crippen molar-refractivity contribution in [3.63, 3.8) is 0 Å². The third-order valence-electron chi connectivity index (χ3n) is 4.57. The number of hydrazone groups is 1. The molecule has 3 N–H and O–H groups in total. The third-order valence-corrected chi connectivity index (χ3v) is 6.27. The minimum atomic E-state index is -4.64. The largest absolute Gasteiger partial charge is 0.478 e. The third kappa shape index (κ3) is 4.95. The van der Waals surface area contributed by atoms with E-state index in [-0.39, 0.29) is 16.3 Å². The zero-order chi connectivity index (χ0) is 24.7. The van der Waals surface area contributed by atoms with Gasteiger partial charge in [-0.05, 0) is 55.8 Å². The van der Waals surface area contributed by atoms with Gasteiger partial charge in [0.25, 0.3) is 26.1 Å². The van der Waals surface area contributed by atoms with E-state index in [1.54, 1.807) is 0 Å². The number of azo groups is 1. The van der Waals surface area contributed by atoms with Gasteiger partial charge in [-0.2, -0.15) is 37.2 Å². The maximum atomic E-state index is 12.9. The van der Waals surface area contributed by atoms with Crippen LogP contribution in [-0.2, 0) is 25.0 Å². The average Bonchev–Trinajstić information content (AvgIpc) is 2.98. The molecule has 3 rings (SSSR count). The van der Waals surface area contributed by atoms with E-state index in [2.05, 4.69) is 15.3 Å². The number of carboxylic acid groups (broad SMARTS) is 1. The van der Waals surface area contributed by atoms with Crippen molar-refractivity contribution >= 4 is 49.2 Å². The van der Waals surface area contributed by atoms with Crippen molar-refractivity contribution in [2.24, 2.45) is 15.3 Å². The van der Waals surface area contributed by atoms with Crippen LogP contribution in [0.2, 0.25) is 0 Å². The minimum absolute atomic E-state index is 0.171. The first kappa shape index (κ1) is 24.1. The minimum Gasteiger partial charge on any atom is -0.478 e. The molecule has 1 heterocycles. The molecule has 0 unspecified atom stereocenters. The Bertz CT molecular complexity index is 1450. The summed E-state index contributed by atoms with van der Waals surface area (Å²) < 4.78 is 63.6. The van der Waals surface area contributed by atoms with Crippen molar-refractivity contribution in [3.05, 3.63) is 47.5 Å². The number of aryl methyl sites for hydroxylation is 1. The van der Waals surface area contributed by atoms with Gasteiger partial charge in [0.1, 0.15) is 5.69 Å². The molecule has 1 amide bonds. The number of aromatic carboxylic acids is 1. The summed E-state index contributed by atoms with van der Waals surface area (Å²) in [5.74, 6) is -2.13. The summed E-state index contributed by atoms with van der Waals surface area (Å²) in [4.78, 5) is 23.3. The molecular weight excluding hydrogens is 480 g/mol. The van der Waals surface area contributed by atoms with E-state index in [0.717, 1.165) is 35.3 Å². The van der Waals surface area contributed by atoms with Crippen LogP contribution in [0.5, 0.6) is 0 Å². The molecule has 0 saturated carbocycles. The van der Waals surface area contributed by atoms with Crippen molar-refractivity contribution in [2.45, 2.75) is 29.7 Å². The van der Waals surface area contributed by atoms with Crippen molar-refractivity contribution in [2.75, 3.05) is 5.01 Å². The highest BCUT2D eigenvalue weighted by atomic mass is 32.2. The lowest BCUT2D eigenvalue weighted by atomic mass is 10.1. The first-order valence-electron chi connectivity index (χ1n) is 8.93. The van der Waals surface area contributed by atoms with Crippen LogP contribution in [0.3, 0.4) is 0 Å². The SMILES string of the molecule is CC1=NN(c2ccc(S(=O)(=O)O)cc2C)C(=O)[C@H]1N=Nc1cc(S(=O)(=O)O)ccc1C(=O)O. The standard InChI is InChI=1S/C18H16N4O9S2/c1-9-7-11(32(26,27)28)4-6-15(9)22-17(23)16(10(2)21-22)20-19-14-8-12(33(29,30)31)3-5-13(14)18(24)25/h3-8,16H,1-2H3,(H,24,25)(H,26,27,28)(H,29,30,31)/t16-/m0/s1. The van der Waals surface area contributed by atoms with Crippen molar-refractivity contribution in [3.8, 4) is 0 Å². The zero-order valence-corrected chi connectivity index (χ0v) is 18.6. The predicted octanol–water partition coefficient (Wildman–Crippen LogP) is 2.06. The summed E-state index contributed by atoms with van der Waals surface area (Å²) in [6.45, 7) is 2.95. The normalized spacial score (nSPS) is 17.0. The maximum Gasteiger partial charge on any atom is 0.337 e. The second-order valence-electron chi connectivity index (χ2n) is 6.89. The van der Waals surface area contributed by atoms with Crippen LogP contribution in [-0.4, -0.2) is 54.7 Å². The topological polar surface area (TPSA) is 203 Å². The summed E-state index contributed by atoms with van der Waals surface area (Å²) in [6, 6.07) is 4.83. The van der Waals surface area contributed by atoms with Gasteiger partial charge in [0.2, 0.25) is 0 Å². The summed E-state index contributed by atoms with van der Waals surface area (Å²) in [5.41, 5.74) is -0.138. The highest BCUT2D eigenvalue weighted by Gasteiger charge is 2.35. The van der Waals surface area contributed by atoms with Crippen LogP contribution in [0.25, 0.3) is 0 Å². The number of rotatable bonds is 6. The second-order valence-corrected chi connectivity index (χ2v) is 9.74. The molecule has 0 bridgehead atoms. The molecule has 0 radical (unpaired) electrons. The Kier molecular flexibility index (Phi) is 6.16. The van der Waals surface area contributed by atoms with Gasteiger partial charge in [-0.15, -0.1) is 0 Å². The molecule has 0 fully saturated rings. The first-order valence-corrected chi connectivity index (χ1v) is 11.8. The van der Waals surface area contributed by atoms with Crippen molar-refractivity contribution in [1.29, 1.82) is 0 Å². The van der Waals surface area contributed by atoms with Gasteiger partial charge in [0, 0.05) is 0 Å². The fourth-order valence-corrected chi connectivity index (χ4v) is 4.01. The first-order chi connectivity index (χ1) is 15.2. The number of benzene rings is 2. The molecule has 2 aromatic rings. The molecule has 0 saturated heterocycles. The van der Waals surface area contributed by atoms with Gasteiger partial charge in [-0.25, -0.2) is 4.79 Å². The van der Waals surface area contributed by atoms with Crippen LogP contribution in [0.15, 0.2) is 61.5 Å². The highest BCUT2D eigenvalue weighted by molar-refractivity contribution is 7.86. The van der Waals surface area contributed by atoms with Crippen molar-refractivity contribution < 1.29 is 40.6 Å².